The second kappa shape index (κ2) is 14.8. The number of rotatable bonds is 14. The molecular formula is C26H38O6. The molecule has 0 heterocycles. The molecule has 0 amide bonds. The van der Waals surface area contributed by atoms with Gasteiger partial charge in [0.25, 0.3) is 0 Å². The summed E-state index contributed by atoms with van der Waals surface area (Å²) in [4.78, 5) is 11.6. The largest absolute Gasteiger partial charge is 0.491 e. The van der Waals surface area contributed by atoms with Gasteiger partial charge in [-0.3, -0.25) is 4.79 Å². The lowest BCUT2D eigenvalue weighted by Gasteiger charge is -2.19. The van der Waals surface area contributed by atoms with Gasteiger partial charge < -0.3 is 24.8 Å². The van der Waals surface area contributed by atoms with Crippen LogP contribution in [0.2, 0.25) is 0 Å². The first-order valence-corrected chi connectivity index (χ1v) is 11.7. The maximum Gasteiger partial charge on any atom is 0.305 e. The molecule has 1 fully saturated rings. The highest BCUT2D eigenvalue weighted by atomic mass is 16.5. The summed E-state index contributed by atoms with van der Waals surface area (Å²) in [6, 6.07) is 9.28. The summed E-state index contributed by atoms with van der Waals surface area (Å²) in [6.07, 6.45) is 10.2. The fourth-order valence-corrected chi connectivity index (χ4v) is 3.85. The minimum absolute atomic E-state index is 0.112. The average molecular weight is 447 g/mol. The van der Waals surface area contributed by atoms with E-state index in [0.717, 1.165) is 25.7 Å². The smallest absolute Gasteiger partial charge is 0.305 e. The maximum atomic E-state index is 11.6. The van der Waals surface area contributed by atoms with E-state index >= 15 is 0 Å². The number of hydrogen-bond donors (Lipinski definition) is 3. The Kier molecular flexibility index (Phi) is 12.1. The minimum atomic E-state index is -0.798. The quantitative estimate of drug-likeness (QED) is 0.229. The summed E-state index contributed by atoms with van der Waals surface area (Å²) >= 11 is 0. The highest BCUT2D eigenvalue weighted by molar-refractivity contribution is 5.69. The second-order valence-corrected chi connectivity index (χ2v) is 8.36. The van der Waals surface area contributed by atoms with Crippen molar-refractivity contribution in [3.63, 3.8) is 0 Å². The van der Waals surface area contributed by atoms with Crippen LogP contribution in [0.15, 0.2) is 54.6 Å². The number of para-hydroxylation sites is 1. The molecule has 0 aromatic heterocycles. The van der Waals surface area contributed by atoms with Crippen molar-refractivity contribution in [3.05, 3.63) is 54.6 Å². The molecular weight excluding hydrogens is 408 g/mol. The number of carbonyl (C=O) groups excluding carboxylic acids is 1. The molecule has 0 spiro atoms. The van der Waals surface area contributed by atoms with Crippen LogP contribution in [0.3, 0.4) is 0 Å². The molecule has 0 saturated heterocycles. The van der Waals surface area contributed by atoms with E-state index in [1.165, 1.54) is 0 Å². The van der Waals surface area contributed by atoms with Crippen LogP contribution in [0.1, 0.15) is 51.9 Å². The molecule has 32 heavy (non-hydrogen) atoms. The minimum Gasteiger partial charge on any atom is -0.491 e. The van der Waals surface area contributed by atoms with Crippen LogP contribution >= 0.6 is 0 Å². The van der Waals surface area contributed by atoms with Crippen molar-refractivity contribution in [1.29, 1.82) is 0 Å². The SMILES string of the molecule is CCCCOC(=O)CCC/C=C\CC1C(/C=C/[C@@H](O)COc2ccccc2)[C@H](O)C[C@@H]1O. The van der Waals surface area contributed by atoms with Crippen molar-refractivity contribution >= 4 is 5.97 Å². The van der Waals surface area contributed by atoms with E-state index in [9.17, 15) is 20.1 Å². The van der Waals surface area contributed by atoms with Gasteiger partial charge in [0.15, 0.2) is 0 Å². The highest BCUT2D eigenvalue weighted by Gasteiger charge is 2.39. The molecule has 2 rings (SSSR count). The lowest BCUT2D eigenvalue weighted by Crippen LogP contribution is -2.21. The number of esters is 1. The van der Waals surface area contributed by atoms with Gasteiger partial charge in [-0.1, -0.05) is 55.8 Å². The van der Waals surface area contributed by atoms with E-state index in [1.807, 2.05) is 42.5 Å². The third-order valence-corrected chi connectivity index (χ3v) is 5.72. The summed E-state index contributed by atoms with van der Waals surface area (Å²) in [5.74, 6) is 0.197. The molecule has 1 aromatic rings. The van der Waals surface area contributed by atoms with Crippen molar-refractivity contribution < 1.29 is 29.6 Å². The highest BCUT2D eigenvalue weighted by Crippen LogP contribution is 2.36. The average Bonchev–Trinajstić information content (AvgIpc) is 3.06. The molecule has 1 saturated carbocycles. The zero-order chi connectivity index (χ0) is 23.2. The Morgan fingerprint density at radius 3 is 2.69 bits per heavy atom. The van der Waals surface area contributed by atoms with Crippen molar-refractivity contribution in [2.24, 2.45) is 11.8 Å². The van der Waals surface area contributed by atoms with Gasteiger partial charge >= 0.3 is 5.97 Å². The molecule has 178 valence electrons. The topological polar surface area (TPSA) is 96.2 Å². The van der Waals surface area contributed by atoms with Crippen molar-refractivity contribution in [2.75, 3.05) is 13.2 Å². The first kappa shape index (κ1) is 26.1. The summed E-state index contributed by atoms with van der Waals surface area (Å²) in [6.45, 7) is 2.67. The van der Waals surface area contributed by atoms with E-state index in [2.05, 4.69) is 6.92 Å². The Hall–Kier alpha value is -2.15. The first-order chi connectivity index (χ1) is 15.5. The maximum absolute atomic E-state index is 11.6. The van der Waals surface area contributed by atoms with E-state index in [0.29, 0.717) is 31.6 Å². The van der Waals surface area contributed by atoms with Crippen LogP contribution in [0.4, 0.5) is 0 Å². The molecule has 3 N–H and O–H groups in total. The monoisotopic (exact) mass is 446 g/mol. The fourth-order valence-electron chi connectivity index (χ4n) is 3.85. The summed E-state index contributed by atoms with van der Waals surface area (Å²) in [5, 5.41) is 30.9. The van der Waals surface area contributed by atoms with Crippen LogP contribution in [-0.4, -0.2) is 52.8 Å². The molecule has 1 aliphatic carbocycles. The van der Waals surface area contributed by atoms with Crippen LogP contribution < -0.4 is 4.74 Å². The Morgan fingerprint density at radius 1 is 1.16 bits per heavy atom. The zero-order valence-corrected chi connectivity index (χ0v) is 19.0. The molecule has 2 unspecified atom stereocenters. The summed E-state index contributed by atoms with van der Waals surface area (Å²) < 4.78 is 10.7. The molecule has 6 nitrogen and oxygen atoms in total. The van der Waals surface area contributed by atoms with Crippen LogP contribution in [0.25, 0.3) is 0 Å². The molecule has 6 heteroatoms. The molecule has 1 aliphatic rings. The number of allylic oxidation sites excluding steroid dienone is 2. The van der Waals surface area contributed by atoms with E-state index in [1.54, 1.807) is 12.2 Å². The first-order valence-electron chi connectivity index (χ1n) is 11.7. The van der Waals surface area contributed by atoms with E-state index < -0.39 is 18.3 Å². The number of unbranched alkanes of at least 4 members (excludes halogenated alkanes) is 2. The van der Waals surface area contributed by atoms with Crippen LogP contribution in [0.5, 0.6) is 5.75 Å². The van der Waals surface area contributed by atoms with Gasteiger partial charge in [0.2, 0.25) is 0 Å². The zero-order valence-electron chi connectivity index (χ0n) is 19.0. The van der Waals surface area contributed by atoms with Crippen molar-refractivity contribution in [2.45, 2.75) is 70.2 Å². The number of benzene rings is 1. The Balaban J connectivity index is 1.73. The number of ether oxygens (including phenoxy) is 2. The summed E-state index contributed by atoms with van der Waals surface area (Å²) in [7, 11) is 0. The Bertz CT molecular complexity index is 702. The fraction of sp³-hybridized carbons (Fsp3) is 0.577. The Morgan fingerprint density at radius 2 is 1.94 bits per heavy atom. The normalized spacial score (nSPS) is 24.2. The number of hydrogen-bond acceptors (Lipinski definition) is 6. The molecule has 1 aromatic carbocycles. The third kappa shape index (κ3) is 9.55. The van der Waals surface area contributed by atoms with Gasteiger partial charge in [-0.25, -0.2) is 0 Å². The number of aliphatic hydroxyl groups excluding tert-OH is 3. The van der Waals surface area contributed by atoms with Crippen molar-refractivity contribution in [3.8, 4) is 5.75 Å². The van der Waals surface area contributed by atoms with Gasteiger partial charge in [0.05, 0.1) is 18.8 Å². The van der Waals surface area contributed by atoms with Crippen LogP contribution in [0, 0.1) is 11.8 Å². The second-order valence-electron chi connectivity index (χ2n) is 8.36. The molecule has 0 aliphatic heterocycles. The van der Waals surface area contributed by atoms with Gasteiger partial charge in [0, 0.05) is 18.8 Å². The number of carbonyl (C=O) groups is 1. The predicted molar refractivity (Wildman–Crippen MR) is 124 cm³/mol. The third-order valence-electron chi connectivity index (χ3n) is 5.72. The van der Waals surface area contributed by atoms with Gasteiger partial charge in [-0.15, -0.1) is 0 Å². The van der Waals surface area contributed by atoms with Gasteiger partial charge in [-0.05, 0) is 43.7 Å². The van der Waals surface area contributed by atoms with Gasteiger partial charge in [0.1, 0.15) is 18.5 Å². The lowest BCUT2D eigenvalue weighted by molar-refractivity contribution is -0.143. The predicted octanol–water partition coefficient (Wildman–Crippen LogP) is 3.80. The van der Waals surface area contributed by atoms with E-state index in [4.69, 9.17) is 9.47 Å². The number of aliphatic hydroxyl groups is 3. The Labute approximate surface area is 191 Å². The van der Waals surface area contributed by atoms with E-state index in [-0.39, 0.29) is 24.4 Å². The molecule has 0 radical (unpaired) electrons. The van der Waals surface area contributed by atoms with Crippen LogP contribution in [-0.2, 0) is 9.53 Å². The molecule has 5 atom stereocenters. The summed E-state index contributed by atoms with van der Waals surface area (Å²) in [5.41, 5.74) is 0. The lowest BCUT2D eigenvalue weighted by atomic mass is 9.89. The van der Waals surface area contributed by atoms with Gasteiger partial charge in [-0.2, -0.15) is 0 Å². The standard InChI is InChI=1S/C26H38O6/c1-2-3-17-31-26(30)14-10-5-4-9-13-22-23(25(29)18-24(22)28)16-15-20(27)19-32-21-11-7-6-8-12-21/h4,6-9,11-12,15-16,20,22-25,27-29H,2-3,5,10,13-14,17-19H2,1H3/b9-4-,16-15+/t20-,22?,23?,24+,25-/m1/s1. The molecule has 0 bridgehead atoms. The van der Waals surface area contributed by atoms with Crippen molar-refractivity contribution in [1.82, 2.24) is 0 Å².